The van der Waals surface area contributed by atoms with Gasteiger partial charge in [-0.1, -0.05) is 167 Å². The number of ether oxygens (including phenoxy) is 2. The minimum absolute atomic E-state index is 0.0125. The molecule has 8 heteroatoms. The molecule has 0 amide bonds. The largest absolute Gasteiger partial charge is 0.376 e. The Morgan fingerprint density at radius 1 is 0.182 bits per heavy atom. The van der Waals surface area contributed by atoms with Crippen LogP contribution in [0.25, 0.3) is 0 Å². The minimum atomic E-state index is -0.0125. The van der Waals surface area contributed by atoms with Crippen LogP contribution in [0.3, 0.4) is 0 Å². The van der Waals surface area contributed by atoms with Gasteiger partial charge in [-0.3, -0.25) is 0 Å². The quantitative estimate of drug-likeness (QED) is 0.0336. The van der Waals surface area contributed by atoms with Crippen LogP contribution in [0.4, 0.5) is 0 Å². The summed E-state index contributed by atoms with van der Waals surface area (Å²) in [6.07, 6.45) is 49.6. The molecule has 66 heavy (non-hydrogen) atoms. The van der Waals surface area contributed by atoms with Gasteiger partial charge in [-0.05, 0) is 184 Å². The predicted octanol–water partition coefficient (Wildman–Crippen LogP) is 14.2. The fraction of sp³-hybridized carbons (Fsp3) is 1.00. The van der Waals surface area contributed by atoms with E-state index in [-0.39, 0.29) is 11.2 Å². The maximum atomic E-state index is 5.81. The van der Waals surface area contributed by atoms with Gasteiger partial charge >= 0.3 is 0 Å². The average molecular weight is 938 g/mol. The molecule has 8 nitrogen and oxygen atoms in total. The first-order chi connectivity index (χ1) is 32.2. The molecule has 6 N–H and O–H groups in total. The maximum Gasteiger partial charge on any atom is 0.0598 e. The Morgan fingerprint density at radius 3 is 0.545 bits per heavy atom. The van der Waals surface area contributed by atoms with E-state index in [0.29, 0.717) is 0 Å². The number of unbranched alkanes of at least 4 members (excludes halogenated alkanes) is 29. The summed E-state index contributed by atoms with van der Waals surface area (Å²) in [6.45, 7) is 28.5. The van der Waals surface area contributed by atoms with Crippen LogP contribution in [0.5, 0.6) is 0 Å². The smallest absolute Gasteiger partial charge is 0.0598 e. The van der Waals surface area contributed by atoms with Gasteiger partial charge in [-0.2, -0.15) is 0 Å². The van der Waals surface area contributed by atoms with Crippen LogP contribution in [0.15, 0.2) is 0 Å². The molecule has 0 fully saturated rings. The molecule has 0 aliphatic rings. The van der Waals surface area contributed by atoms with Crippen LogP contribution in [0.2, 0.25) is 0 Å². The lowest BCUT2D eigenvalue weighted by Gasteiger charge is -2.19. The lowest BCUT2D eigenvalue weighted by atomic mass is 10.1. The van der Waals surface area contributed by atoms with Crippen LogP contribution in [-0.4, -0.2) is 103 Å². The molecule has 0 saturated carbocycles. The normalized spacial score (nSPS) is 12.3. The highest BCUT2D eigenvalue weighted by molar-refractivity contribution is 4.61. The molecule has 0 bridgehead atoms. The van der Waals surface area contributed by atoms with Crippen molar-refractivity contribution in [3.8, 4) is 0 Å². The summed E-state index contributed by atoms with van der Waals surface area (Å²) in [5.41, 5.74) is 0.00717. The van der Waals surface area contributed by atoms with Crippen molar-refractivity contribution in [3.05, 3.63) is 0 Å². The zero-order valence-corrected chi connectivity index (χ0v) is 46.2. The van der Waals surface area contributed by atoms with Crippen LogP contribution in [0, 0.1) is 0 Å². The second kappa shape index (κ2) is 54.0. The van der Waals surface area contributed by atoms with E-state index < -0.39 is 0 Å². The van der Waals surface area contributed by atoms with Gasteiger partial charge in [0, 0.05) is 13.2 Å². The third-order valence-corrected chi connectivity index (χ3v) is 12.9. The number of rotatable bonds is 57. The molecule has 0 unspecified atom stereocenters. The van der Waals surface area contributed by atoms with Crippen molar-refractivity contribution >= 4 is 0 Å². The van der Waals surface area contributed by atoms with Crippen molar-refractivity contribution < 1.29 is 9.47 Å². The van der Waals surface area contributed by atoms with E-state index in [1.165, 1.54) is 284 Å². The van der Waals surface area contributed by atoms with Gasteiger partial charge in [0.15, 0.2) is 0 Å². The lowest BCUT2D eigenvalue weighted by molar-refractivity contribution is -0.00487. The molecular formula is C58H124N6O2. The number of nitrogens with one attached hydrogen (secondary N) is 6. The Morgan fingerprint density at radius 2 is 0.333 bits per heavy atom. The Kier molecular flexibility index (Phi) is 53.8. The van der Waals surface area contributed by atoms with Crippen molar-refractivity contribution in [2.24, 2.45) is 0 Å². The Bertz CT molecular complexity index is 811. The van der Waals surface area contributed by atoms with Crippen molar-refractivity contribution in [1.82, 2.24) is 31.9 Å². The van der Waals surface area contributed by atoms with Crippen molar-refractivity contribution in [2.75, 3.05) is 91.8 Å². The van der Waals surface area contributed by atoms with E-state index in [1.807, 2.05) is 0 Å². The highest BCUT2D eigenvalue weighted by Gasteiger charge is 2.09. The lowest BCUT2D eigenvalue weighted by Crippen LogP contribution is -2.25. The highest BCUT2D eigenvalue weighted by Crippen LogP contribution is 2.14. The molecule has 0 saturated heterocycles. The summed E-state index contributed by atoms with van der Waals surface area (Å²) in [6, 6.07) is 0. The van der Waals surface area contributed by atoms with Gasteiger partial charge in [-0.15, -0.1) is 0 Å². The summed E-state index contributed by atoms with van der Waals surface area (Å²) in [4.78, 5) is 0. The van der Waals surface area contributed by atoms with Crippen molar-refractivity contribution in [3.63, 3.8) is 0 Å². The molecule has 0 aromatic carbocycles. The van der Waals surface area contributed by atoms with E-state index in [9.17, 15) is 0 Å². The van der Waals surface area contributed by atoms with E-state index in [4.69, 9.17) is 9.47 Å². The van der Waals surface area contributed by atoms with Crippen molar-refractivity contribution in [2.45, 2.75) is 284 Å². The summed E-state index contributed by atoms with van der Waals surface area (Å²) in [7, 11) is 0. The fourth-order valence-electron chi connectivity index (χ4n) is 8.67. The monoisotopic (exact) mass is 937 g/mol. The molecule has 0 atom stereocenters. The minimum Gasteiger partial charge on any atom is -0.376 e. The fourth-order valence-corrected chi connectivity index (χ4v) is 8.67. The van der Waals surface area contributed by atoms with E-state index in [2.05, 4.69) is 73.4 Å². The number of hydrogen-bond donors (Lipinski definition) is 6. The van der Waals surface area contributed by atoms with Gasteiger partial charge in [0.2, 0.25) is 0 Å². The van der Waals surface area contributed by atoms with Crippen LogP contribution < -0.4 is 31.9 Å². The SMILES string of the molecule is CC(C)(C)OCCCCCCCCCCCCNCCCNCCCCCCCCCCCCCNCCCNCCCCCCCCCCCCCNCCCNCCCOC(C)(C)C. The van der Waals surface area contributed by atoms with Gasteiger partial charge in [-0.25, -0.2) is 0 Å². The topological polar surface area (TPSA) is 90.6 Å². The average Bonchev–Trinajstić information content (AvgIpc) is 3.28. The van der Waals surface area contributed by atoms with Crippen molar-refractivity contribution in [1.29, 1.82) is 0 Å². The van der Waals surface area contributed by atoms with E-state index in [0.717, 1.165) is 39.3 Å². The third-order valence-electron chi connectivity index (χ3n) is 12.9. The zero-order chi connectivity index (χ0) is 48.0. The van der Waals surface area contributed by atoms with Gasteiger partial charge in [0.1, 0.15) is 0 Å². The van der Waals surface area contributed by atoms with Crippen LogP contribution in [0.1, 0.15) is 273 Å². The third kappa shape index (κ3) is 63.7. The van der Waals surface area contributed by atoms with Gasteiger partial charge in [0.05, 0.1) is 11.2 Å². The molecule has 398 valence electrons. The molecule has 0 rings (SSSR count). The highest BCUT2D eigenvalue weighted by atomic mass is 16.5. The zero-order valence-electron chi connectivity index (χ0n) is 46.2. The summed E-state index contributed by atoms with van der Waals surface area (Å²) in [5.74, 6) is 0. The second-order valence-corrected chi connectivity index (χ2v) is 22.1. The Hall–Kier alpha value is -0.320. The van der Waals surface area contributed by atoms with Gasteiger partial charge in [0.25, 0.3) is 0 Å². The first-order valence-corrected chi connectivity index (χ1v) is 29.7. The summed E-state index contributed by atoms with van der Waals surface area (Å²) in [5, 5.41) is 21.8. The molecule has 0 aliphatic heterocycles. The van der Waals surface area contributed by atoms with Gasteiger partial charge < -0.3 is 41.4 Å². The molecule has 0 aliphatic carbocycles. The molecule has 0 heterocycles. The second-order valence-electron chi connectivity index (χ2n) is 22.1. The summed E-state index contributed by atoms with van der Waals surface area (Å²) < 4.78 is 11.6. The first-order valence-electron chi connectivity index (χ1n) is 29.7. The molecule has 0 aromatic heterocycles. The van der Waals surface area contributed by atoms with Crippen LogP contribution in [-0.2, 0) is 9.47 Å². The number of hydrogen-bond acceptors (Lipinski definition) is 8. The Labute approximate surface area is 415 Å². The molecular weight excluding hydrogens is 813 g/mol. The van der Waals surface area contributed by atoms with E-state index in [1.54, 1.807) is 0 Å². The van der Waals surface area contributed by atoms with E-state index >= 15 is 0 Å². The molecule has 0 radical (unpaired) electrons. The predicted molar refractivity (Wildman–Crippen MR) is 295 cm³/mol. The summed E-state index contributed by atoms with van der Waals surface area (Å²) >= 11 is 0. The molecule has 0 spiro atoms. The van der Waals surface area contributed by atoms with Crippen LogP contribution >= 0.6 is 0 Å². The maximum absolute atomic E-state index is 5.81. The molecule has 0 aromatic rings. The Balaban J connectivity index is 3.08. The standard InChI is InChI=1S/C58H124N6O2/c1-57(2,3)65-55-38-32-26-20-14-13-19-25-31-36-46-62-51-40-50-61-45-35-28-22-16-10-7-9-15-21-27-33-43-59-48-39-49-60-44-34-29-23-17-11-8-12-18-24-30-37-47-63-52-41-53-64-54-42-56-66-58(4,5)6/h59-64H,7-56H2,1-6H3. The first kappa shape index (κ1) is 65.7.